The van der Waals surface area contributed by atoms with Crippen molar-refractivity contribution in [2.45, 2.75) is 32.8 Å². The summed E-state index contributed by atoms with van der Waals surface area (Å²) in [5.74, 6) is 0.731. The summed E-state index contributed by atoms with van der Waals surface area (Å²) >= 11 is 0. The first kappa shape index (κ1) is 16.5. The molecular weight excluding hydrogens is 304 g/mol. The lowest BCUT2D eigenvalue weighted by Gasteiger charge is -2.26. The number of nitrogens with one attached hydrogen (secondary N) is 2. The molecule has 0 fully saturated rings. The number of nitrogens with zero attached hydrogens (tertiary/aromatic N) is 2. The van der Waals surface area contributed by atoms with Crippen LogP contribution in [0.3, 0.4) is 0 Å². The number of hydrogen-bond donors (Lipinski definition) is 2. The Hall–Kier alpha value is -2.34. The molecule has 0 spiro atoms. The summed E-state index contributed by atoms with van der Waals surface area (Å²) in [6.07, 6.45) is 1.67. The molecule has 1 aromatic heterocycles. The smallest absolute Gasteiger partial charge is 0.320 e. The van der Waals surface area contributed by atoms with Gasteiger partial charge in [0.25, 0.3) is 0 Å². The third kappa shape index (κ3) is 3.28. The fourth-order valence-electron chi connectivity index (χ4n) is 3.18. The van der Waals surface area contributed by atoms with Crippen LogP contribution < -0.4 is 10.6 Å². The molecule has 0 unspecified atom stereocenters. The zero-order valence-electron chi connectivity index (χ0n) is 14.4. The fourth-order valence-corrected chi connectivity index (χ4v) is 3.18. The number of ether oxygens (including phenoxy) is 1. The number of aryl methyl sites for hydroxylation is 2. The highest BCUT2D eigenvalue weighted by atomic mass is 16.5. The molecule has 3 rings (SSSR count). The van der Waals surface area contributed by atoms with Gasteiger partial charge in [0.15, 0.2) is 0 Å². The highest BCUT2D eigenvalue weighted by Gasteiger charge is 2.21. The molecule has 24 heavy (non-hydrogen) atoms. The monoisotopic (exact) mass is 328 g/mol. The lowest BCUT2D eigenvalue weighted by atomic mass is 9.98. The molecule has 6 heteroatoms. The van der Waals surface area contributed by atoms with E-state index in [1.165, 1.54) is 5.56 Å². The molecule has 1 aliphatic heterocycles. The predicted octanol–water partition coefficient (Wildman–Crippen LogP) is 2.73. The zero-order chi connectivity index (χ0) is 17.1. The molecule has 0 bridgehead atoms. The van der Waals surface area contributed by atoms with Crippen LogP contribution in [0, 0.1) is 6.92 Å². The van der Waals surface area contributed by atoms with Gasteiger partial charge in [0, 0.05) is 19.2 Å². The fraction of sp³-hybridized carbons (Fsp3) is 0.444. The van der Waals surface area contributed by atoms with Crippen LogP contribution in [-0.4, -0.2) is 29.0 Å². The van der Waals surface area contributed by atoms with Crippen molar-refractivity contribution < 1.29 is 9.53 Å². The molecule has 2 aromatic rings. The van der Waals surface area contributed by atoms with Crippen LogP contribution in [-0.2, 0) is 24.6 Å². The van der Waals surface area contributed by atoms with Crippen molar-refractivity contribution in [2.24, 2.45) is 7.05 Å². The van der Waals surface area contributed by atoms with E-state index in [0.29, 0.717) is 13.2 Å². The van der Waals surface area contributed by atoms with Gasteiger partial charge in [-0.1, -0.05) is 31.2 Å². The number of amides is 2. The van der Waals surface area contributed by atoms with Crippen molar-refractivity contribution in [3.63, 3.8) is 0 Å². The standard InChI is InChI=1S/C18H24N4O2/c1-4-15-12(2)17(22(3)21-15)20-18(23)19-11-16-14-8-6-5-7-13(14)9-10-24-16/h5-8,16H,4,9-11H2,1-3H3,(H2,19,20,23)/t16-/m1/s1. The minimum Gasteiger partial charge on any atom is -0.371 e. The van der Waals surface area contributed by atoms with E-state index in [9.17, 15) is 4.79 Å². The third-order valence-electron chi connectivity index (χ3n) is 4.49. The summed E-state index contributed by atoms with van der Waals surface area (Å²) in [5, 5.41) is 10.2. The molecule has 2 amide bonds. The number of aromatic nitrogens is 2. The lowest BCUT2D eigenvalue weighted by Crippen LogP contribution is -2.35. The molecule has 128 valence electrons. The molecule has 0 saturated heterocycles. The predicted molar refractivity (Wildman–Crippen MR) is 93.2 cm³/mol. The van der Waals surface area contributed by atoms with Gasteiger partial charge < -0.3 is 10.1 Å². The van der Waals surface area contributed by atoms with Gasteiger partial charge in [-0.3, -0.25) is 10.00 Å². The van der Waals surface area contributed by atoms with E-state index < -0.39 is 0 Å². The van der Waals surface area contributed by atoms with Gasteiger partial charge in [-0.2, -0.15) is 5.10 Å². The quantitative estimate of drug-likeness (QED) is 0.907. The highest BCUT2D eigenvalue weighted by molar-refractivity contribution is 5.89. The van der Waals surface area contributed by atoms with Crippen LogP contribution in [0.25, 0.3) is 0 Å². The SMILES string of the molecule is CCc1nn(C)c(NC(=O)NC[C@H]2OCCc3ccccc32)c1C. The molecule has 1 aromatic carbocycles. The second-order valence-electron chi connectivity index (χ2n) is 6.04. The highest BCUT2D eigenvalue weighted by Crippen LogP contribution is 2.26. The van der Waals surface area contributed by atoms with Gasteiger partial charge in [0.1, 0.15) is 11.9 Å². The summed E-state index contributed by atoms with van der Waals surface area (Å²) in [4.78, 5) is 12.3. The Morgan fingerprint density at radius 1 is 1.42 bits per heavy atom. The Kier molecular flexibility index (Phi) is 4.85. The van der Waals surface area contributed by atoms with Crippen LogP contribution in [0.2, 0.25) is 0 Å². The average Bonchev–Trinajstić information content (AvgIpc) is 2.87. The molecule has 1 atom stereocenters. The number of carbonyl (C=O) groups is 1. The van der Waals surface area contributed by atoms with Crippen LogP contribution in [0.1, 0.15) is 35.4 Å². The summed E-state index contributed by atoms with van der Waals surface area (Å²) in [6.45, 7) is 5.16. The molecule has 2 heterocycles. The minimum absolute atomic E-state index is 0.0977. The van der Waals surface area contributed by atoms with Gasteiger partial charge in [0.2, 0.25) is 0 Å². The van der Waals surface area contributed by atoms with Gasteiger partial charge >= 0.3 is 6.03 Å². The summed E-state index contributed by atoms with van der Waals surface area (Å²) < 4.78 is 7.52. The third-order valence-corrected chi connectivity index (χ3v) is 4.49. The number of urea groups is 1. The zero-order valence-corrected chi connectivity index (χ0v) is 14.4. The average molecular weight is 328 g/mol. The summed E-state index contributed by atoms with van der Waals surface area (Å²) in [6, 6.07) is 7.99. The Morgan fingerprint density at radius 3 is 2.96 bits per heavy atom. The van der Waals surface area contributed by atoms with Crippen molar-refractivity contribution in [3.05, 3.63) is 46.6 Å². The van der Waals surface area contributed by atoms with Gasteiger partial charge in [0.05, 0.1) is 12.3 Å². The molecule has 2 N–H and O–H groups in total. The second kappa shape index (κ2) is 7.05. The van der Waals surface area contributed by atoms with E-state index in [0.717, 1.165) is 35.5 Å². The van der Waals surface area contributed by atoms with Crippen LogP contribution in [0.15, 0.2) is 24.3 Å². The van der Waals surface area contributed by atoms with Crippen LogP contribution in [0.4, 0.5) is 10.6 Å². The van der Waals surface area contributed by atoms with Gasteiger partial charge in [-0.25, -0.2) is 4.79 Å². The number of hydrogen-bond acceptors (Lipinski definition) is 3. The van der Waals surface area contributed by atoms with E-state index in [4.69, 9.17) is 4.74 Å². The van der Waals surface area contributed by atoms with Crippen LogP contribution in [0.5, 0.6) is 0 Å². The lowest BCUT2D eigenvalue weighted by molar-refractivity contribution is 0.0444. The molecule has 0 aliphatic carbocycles. The maximum atomic E-state index is 12.3. The molecule has 6 nitrogen and oxygen atoms in total. The molecule has 0 saturated carbocycles. The Bertz CT molecular complexity index is 739. The second-order valence-corrected chi connectivity index (χ2v) is 6.04. The van der Waals surface area contributed by atoms with E-state index in [-0.39, 0.29) is 12.1 Å². The number of carbonyl (C=O) groups excluding carboxylic acids is 1. The number of benzene rings is 1. The molecule has 0 radical (unpaired) electrons. The van der Waals surface area contributed by atoms with Gasteiger partial charge in [-0.05, 0) is 30.9 Å². The van der Waals surface area contributed by atoms with Crippen molar-refractivity contribution in [3.8, 4) is 0 Å². The maximum Gasteiger partial charge on any atom is 0.320 e. The van der Waals surface area contributed by atoms with Crippen molar-refractivity contribution in [1.29, 1.82) is 0 Å². The van der Waals surface area contributed by atoms with Crippen LogP contribution >= 0.6 is 0 Å². The summed E-state index contributed by atoms with van der Waals surface area (Å²) in [7, 11) is 1.84. The number of fused-ring (bicyclic) bond motifs is 1. The maximum absolute atomic E-state index is 12.3. The first-order chi connectivity index (χ1) is 11.6. The van der Waals surface area contributed by atoms with Crippen molar-refractivity contribution in [1.82, 2.24) is 15.1 Å². The first-order valence-electron chi connectivity index (χ1n) is 8.36. The Labute approximate surface area is 142 Å². The van der Waals surface area contributed by atoms with Gasteiger partial charge in [-0.15, -0.1) is 0 Å². The van der Waals surface area contributed by atoms with E-state index >= 15 is 0 Å². The normalized spacial score (nSPS) is 16.5. The molecular formula is C18H24N4O2. The Morgan fingerprint density at radius 2 is 2.21 bits per heavy atom. The number of rotatable bonds is 4. The van der Waals surface area contributed by atoms with Crippen molar-refractivity contribution in [2.75, 3.05) is 18.5 Å². The van der Waals surface area contributed by atoms with E-state index in [1.807, 2.05) is 26.1 Å². The number of anilines is 1. The first-order valence-corrected chi connectivity index (χ1v) is 8.36. The van der Waals surface area contributed by atoms with E-state index in [1.54, 1.807) is 4.68 Å². The molecule has 1 aliphatic rings. The minimum atomic E-state index is -0.240. The van der Waals surface area contributed by atoms with E-state index in [2.05, 4.69) is 34.8 Å². The van der Waals surface area contributed by atoms with Crippen molar-refractivity contribution >= 4 is 11.8 Å². The topological polar surface area (TPSA) is 68.2 Å². The largest absolute Gasteiger partial charge is 0.371 e. The Balaban J connectivity index is 1.62. The summed E-state index contributed by atoms with van der Waals surface area (Å²) in [5.41, 5.74) is 4.46.